The van der Waals surface area contributed by atoms with Crippen LogP contribution in [-0.2, 0) is 11.2 Å². The van der Waals surface area contributed by atoms with E-state index in [9.17, 15) is 4.79 Å². The summed E-state index contributed by atoms with van der Waals surface area (Å²) in [4.78, 5) is 16.2. The number of nitrogens with one attached hydrogen (secondary N) is 3. The van der Waals surface area contributed by atoms with Gasteiger partial charge in [0.25, 0.3) is 0 Å². The summed E-state index contributed by atoms with van der Waals surface area (Å²) in [6.07, 6.45) is 2.98. The number of nitrogens with zero attached hydrogens (tertiary/aromatic N) is 1. The van der Waals surface area contributed by atoms with Crippen molar-refractivity contribution < 1.29 is 4.79 Å². The lowest BCUT2D eigenvalue weighted by atomic mass is 10.1. The Bertz CT molecular complexity index is 767. The van der Waals surface area contributed by atoms with Crippen LogP contribution in [0.1, 0.15) is 25.3 Å². The Balaban J connectivity index is 1.45. The van der Waals surface area contributed by atoms with Gasteiger partial charge in [-0.2, -0.15) is 0 Å². The molecule has 0 spiro atoms. The molecule has 3 rings (SSSR count). The number of benzene rings is 2. The smallest absolute Gasteiger partial charge is 0.223 e. The van der Waals surface area contributed by atoms with Crippen LogP contribution in [0.3, 0.4) is 0 Å². The van der Waals surface area contributed by atoms with Crippen LogP contribution in [0.15, 0.2) is 47.5 Å². The number of carbonyl (C=O) groups excluding carboxylic acids is 1. The Kier molecular flexibility index (Phi) is 6.47. The van der Waals surface area contributed by atoms with Gasteiger partial charge in [0.05, 0.1) is 0 Å². The van der Waals surface area contributed by atoms with Gasteiger partial charge in [0.15, 0.2) is 5.96 Å². The Morgan fingerprint density at radius 1 is 1.04 bits per heavy atom. The zero-order valence-corrected chi connectivity index (χ0v) is 15.4. The summed E-state index contributed by atoms with van der Waals surface area (Å²) >= 11 is 0. The van der Waals surface area contributed by atoms with Crippen LogP contribution in [0.4, 0.5) is 0 Å². The summed E-state index contributed by atoms with van der Waals surface area (Å²) in [7, 11) is 0. The number of aliphatic imine (C=N–C) groups is 1. The van der Waals surface area contributed by atoms with Gasteiger partial charge in [-0.15, -0.1) is 0 Å². The minimum Gasteiger partial charge on any atom is -0.357 e. The van der Waals surface area contributed by atoms with Gasteiger partial charge in [-0.05, 0) is 42.5 Å². The fraction of sp³-hybridized carbons (Fsp3) is 0.429. The number of guanidine groups is 1. The molecule has 0 saturated heterocycles. The standard InChI is InChI=1S/C21H28N4O/c1-2-22-21(25-14-13-23-20(26)18-9-10-18)24-12-11-16-7-8-17-5-3-4-6-19(17)15-16/h3-8,15,18H,2,9-14H2,1H3,(H,23,26)(H2,22,24,25). The first-order valence-electron chi connectivity index (χ1n) is 9.54. The lowest BCUT2D eigenvalue weighted by molar-refractivity contribution is -0.122. The molecule has 1 aliphatic rings. The van der Waals surface area contributed by atoms with Crippen LogP contribution >= 0.6 is 0 Å². The lowest BCUT2D eigenvalue weighted by Gasteiger charge is -2.12. The molecule has 1 amide bonds. The molecule has 0 radical (unpaired) electrons. The van der Waals surface area contributed by atoms with Crippen molar-refractivity contribution in [3.8, 4) is 0 Å². The highest BCUT2D eigenvalue weighted by Gasteiger charge is 2.28. The van der Waals surface area contributed by atoms with Crippen molar-refractivity contribution >= 4 is 22.6 Å². The molecule has 1 fully saturated rings. The summed E-state index contributed by atoms with van der Waals surface area (Å²) < 4.78 is 0. The highest BCUT2D eigenvalue weighted by molar-refractivity contribution is 5.83. The average molecular weight is 352 g/mol. The number of hydrogen-bond donors (Lipinski definition) is 3. The van der Waals surface area contributed by atoms with Crippen molar-refractivity contribution in [1.82, 2.24) is 16.0 Å². The predicted octanol–water partition coefficient (Wildman–Crippen LogP) is 2.46. The molecule has 1 saturated carbocycles. The third kappa shape index (κ3) is 5.48. The molecule has 5 heteroatoms. The van der Waals surface area contributed by atoms with E-state index in [4.69, 9.17) is 0 Å². The van der Waals surface area contributed by atoms with E-state index in [2.05, 4.69) is 70.3 Å². The third-order valence-electron chi connectivity index (χ3n) is 4.49. The second-order valence-corrected chi connectivity index (χ2v) is 6.68. The minimum atomic E-state index is 0.185. The Morgan fingerprint density at radius 3 is 2.58 bits per heavy atom. The molecule has 1 aliphatic carbocycles. The van der Waals surface area contributed by atoms with Crippen LogP contribution in [0, 0.1) is 5.92 Å². The van der Waals surface area contributed by atoms with Crippen LogP contribution in [-0.4, -0.2) is 38.0 Å². The molecule has 0 aromatic heterocycles. The van der Waals surface area contributed by atoms with E-state index in [1.807, 2.05) is 0 Å². The Morgan fingerprint density at radius 2 is 1.81 bits per heavy atom. The number of fused-ring (bicyclic) bond motifs is 1. The zero-order chi connectivity index (χ0) is 18.2. The minimum absolute atomic E-state index is 0.185. The van der Waals surface area contributed by atoms with Gasteiger partial charge < -0.3 is 16.0 Å². The molecule has 0 unspecified atom stereocenters. The zero-order valence-electron chi connectivity index (χ0n) is 15.4. The van der Waals surface area contributed by atoms with E-state index < -0.39 is 0 Å². The van der Waals surface area contributed by atoms with E-state index in [-0.39, 0.29) is 11.8 Å². The van der Waals surface area contributed by atoms with Gasteiger partial charge in [-0.1, -0.05) is 42.5 Å². The summed E-state index contributed by atoms with van der Waals surface area (Å²) in [5, 5.41) is 12.0. The molecular formula is C21H28N4O. The maximum absolute atomic E-state index is 11.6. The summed E-state index contributed by atoms with van der Waals surface area (Å²) in [5.74, 6) is 1.25. The molecule has 0 bridgehead atoms. The van der Waals surface area contributed by atoms with Gasteiger partial charge in [-0.3, -0.25) is 9.79 Å². The Labute approximate surface area is 155 Å². The van der Waals surface area contributed by atoms with Gasteiger partial charge in [-0.25, -0.2) is 0 Å². The first-order valence-corrected chi connectivity index (χ1v) is 9.54. The van der Waals surface area contributed by atoms with Crippen molar-refractivity contribution in [3.05, 3.63) is 48.0 Å². The normalized spacial score (nSPS) is 14.3. The van der Waals surface area contributed by atoms with Crippen molar-refractivity contribution in [1.29, 1.82) is 0 Å². The van der Waals surface area contributed by atoms with Crippen LogP contribution in [0.2, 0.25) is 0 Å². The van der Waals surface area contributed by atoms with Gasteiger partial charge in [0.2, 0.25) is 5.91 Å². The molecule has 2 aromatic carbocycles. The van der Waals surface area contributed by atoms with Crippen molar-refractivity contribution in [3.63, 3.8) is 0 Å². The van der Waals surface area contributed by atoms with E-state index in [1.165, 1.54) is 16.3 Å². The highest BCUT2D eigenvalue weighted by Crippen LogP contribution is 2.28. The van der Waals surface area contributed by atoms with E-state index >= 15 is 0 Å². The first-order chi connectivity index (χ1) is 12.8. The maximum atomic E-state index is 11.6. The van der Waals surface area contributed by atoms with Crippen LogP contribution < -0.4 is 16.0 Å². The van der Waals surface area contributed by atoms with Gasteiger partial charge in [0.1, 0.15) is 0 Å². The fourth-order valence-corrected chi connectivity index (χ4v) is 2.89. The second-order valence-electron chi connectivity index (χ2n) is 6.68. The van der Waals surface area contributed by atoms with Crippen molar-refractivity contribution in [2.24, 2.45) is 10.9 Å². The monoisotopic (exact) mass is 352 g/mol. The van der Waals surface area contributed by atoms with Crippen LogP contribution in [0.5, 0.6) is 0 Å². The molecule has 2 aromatic rings. The third-order valence-corrected chi connectivity index (χ3v) is 4.49. The van der Waals surface area contributed by atoms with E-state index in [0.717, 1.165) is 38.3 Å². The molecular weight excluding hydrogens is 324 g/mol. The SMILES string of the molecule is CCNC(=NCCc1ccc2ccccc2c1)NCCNC(=O)C1CC1. The summed E-state index contributed by atoms with van der Waals surface area (Å²) in [6.45, 7) is 4.90. The quantitative estimate of drug-likeness (QED) is 0.388. The predicted molar refractivity (Wildman–Crippen MR) is 107 cm³/mol. The number of hydrogen-bond acceptors (Lipinski definition) is 2. The maximum Gasteiger partial charge on any atom is 0.223 e. The van der Waals surface area contributed by atoms with Crippen LogP contribution in [0.25, 0.3) is 10.8 Å². The number of carbonyl (C=O) groups is 1. The summed E-state index contributed by atoms with van der Waals surface area (Å²) in [5.41, 5.74) is 1.29. The van der Waals surface area contributed by atoms with Crippen molar-refractivity contribution in [2.45, 2.75) is 26.2 Å². The number of rotatable bonds is 8. The topological polar surface area (TPSA) is 65.5 Å². The fourth-order valence-electron chi connectivity index (χ4n) is 2.89. The molecule has 0 aliphatic heterocycles. The average Bonchev–Trinajstić information content (AvgIpc) is 3.50. The largest absolute Gasteiger partial charge is 0.357 e. The van der Waals surface area contributed by atoms with Crippen molar-refractivity contribution in [2.75, 3.05) is 26.2 Å². The van der Waals surface area contributed by atoms with Gasteiger partial charge >= 0.3 is 0 Å². The number of amides is 1. The first kappa shape index (κ1) is 18.2. The Hall–Kier alpha value is -2.56. The molecule has 26 heavy (non-hydrogen) atoms. The molecule has 138 valence electrons. The van der Waals surface area contributed by atoms with E-state index in [1.54, 1.807) is 0 Å². The van der Waals surface area contributed by atoms with Gasteiger partial charge in [0, 0.05) is 32.1 Å². The molecule has 3 N–H and O–H groups in total. The second kappa shape index (κ2) is 9.22. The molecule has 5 nitrogen and oxygen atoms in total. The van der Waals surface area contributed by atoms with E-state index in [0.29, 0.717) is 13.1 Å². The molecule has 0 heterocycles. The lowest BCUT2D eigenvalue weighted by Crippen LogP contribution is -2.41. The molecule has 0 atom stereocenters. The summed E-state index contributed by atoms with van der Waals surface area (Å²) in [6, 6.07) is 15.0. The highest BCUT2D eigenvalue weighted by atomic mass is 16.2.